The summed E-state index contributed by atoms with van der Waals surface area (Å²) >= 11 is 0. The molecule has 1 aromatic heterocycles. The van der Waals surface area contributed by atoms with Crippen molar-refractivity contribution in [2.75, 3.05) is 0 Å². The molecule has 0 spiro atoms. The number of aromatic carboxylic acids is 1. The van der Waals surface area contributed by atoms with Crippen LogP contribution >= 0.6 is 0 Å². The molecule has 0 bridgehead atoms. The quantitative estimate of drug-likeness (QED) is 0.598. The Bertz CT molecular complexity index is 357. The molecule has 3 nitrogen and oxygen atoms in total. The normalized spacial score (nSPS) is 10.6. The molecule has 0 amide bonds. The van der Waals surface area contributed by atoms with Gasteiger partial charge in [-0.3, -0.25) is 0 Å². The molecule has 1 N–H and O–H groups in total. The summed E-state index contributed by atoms with van der Waals surface area (Å²) in [6, 6.07) is 0.192. The molecule has 76 valence electrons. The number of carbonyl (C=O) groups is 1. The van der Waals surface area contributed by atoms with Gasteiger partial charge in [-0.05, 0) is 0 Å². The molecule has 0 aliphatic heterocycles. The van der Waals surface area contributed by atoms with Gasteiger partial charge < -0.3 is 5.11 Å². The Kier molecular flexibility index (Phi) is 2.68. The highest BCUT2D eigenvalue weighted by molar-refractivity contribution is 5.87. The van der Waals surface area contributed by atoms with Crippen LogP contribution in [-0.4, -0.2) is 16.1 Å². The van der Waals surface area contributed by atoms with Crippen molar-refractivity contribution in [2.45, 2.75) is 6.43 Å². The van der Waals surface area contributed by atoms with Gasteiger partial charge in [0.25, 0.3) is 6.43 Å². The van der Waals surface area contributed by atoms with E-state index in [1.165, 1.54) is 0 Å². The predicted octanol–water partition coefficient (Wildman–Crippen LogP) is 2.00. The maximum absolute atomic E-state index is 12.7. The minimum atomic E-state index is -3.15. The summed E-state index contributed by atoms with van der Waals surface area (Å²) in [5, 5.41) is 8.27. The standard InChI is InChI=1S/C7H3F4NO2/c8-2-1-3(5(9)10)12-6(11)4(2)7(13)14/h1,5H,(H,13,14). The summed E-state index contributed by atoms with van der Waals surface area (Å²) < 4.78 is 49.2. The van der Waals surface area contributed by atoms with Gasteiger partial charge in [0.15, 0.2) is 5.56 Å². The van der Waals surface area contributed by atoms with E-state index in [2.05, 4.69) is 4.98 Å². The van der Waals surface area contributed by atoms with E-state index in [1.54, 1.807) is 0 Å². The van der Waals surface area contributed by atoms with Gasteiger partial charge in [-0.1, -0.05) is 0 Å². The van der Waals surface area contributed by atoms with Crippen LogP contribution in [0.1, 0.15) is 22.5 Å². The molecule has 0 aromatic carbocycles. The van der Waals surface area contributed by atoms with Gasteiger partial charge in [0, 0.05) is 6.07 Å². The van der Waals surface area contributed by atoms with Crippen LogP contribution in [-0.2, 0) is 0 Å². The Morgan fingerprint density at radius 2 is 2.00 bits per heavy atom. The summed E-state index contributed by atoms with van der Waals surface area (Å²) in [7, 11) is 0. The first-order valence-corrected chi connectivity index (χ1v) is 3.31. The van der Waals surface area contributed by atoms with Crippen molar-refractivity contribution in [1.82, 2.24) is 4.98 Å². The van der Waals surface area contributed by atoms with Crippen molar-refractivity contribution in [3.8, 4) is 0 Å². The van der Waals surface area contributed by atoms with Gasteiger partial charge in [0.05, 0.1) is 0 Å². The molecule has 0 saturated carbocycles. The molecular formula is C7H3F4NO2. The van der Waals surface area contributed by atoms with Crippen molar-refractivity contribution in [3.05, 3.63) is 29.1 Å². The predicted molar refractivity (Wildman–Crippen MR) is 36.1 cm³/mol. The van der Waals surface area contributed by atoms with E-state index in [0.717, 1.165) is 0 Å². The molecule has 7 heteroatoms. The minimum Gasteiger partial charge on any atom is -0.477 e. The minimum absolute atomic E-state index is 0.192. The molecule has 0 radical (unpaired) electrons. The molecule has 0 unspecified atom stereocenters. The molecule has 0 atom stereocenters. The number of hydrogen-bond donors (Lipinski definition) is 1. The van der Waals surface area contributed by atoms with Crippen LogP contribution in [0.5, 0.6) is 0 Å². The van der Waals surface area contributed by atoms with Gasteiger partial charge in [0.2, 0.25) is 5.95 Å². The molecular weight excluding hydrogens is 206 g/mol. The third kappa shape index (κ3) is 1.81. The van der Waals surface area contributed by atoms with E-state index in [4.69, 9.17) is 5.11 Å². The van der Waals surface area contributed by atoms with Gasteiger partial charge in [0.1, 0.15) is 11.5 Å². The Hall–Kier alpha value is -1.66. The van der Waals surface area contributed by atoms with E-state index in [-0.39, 0.29) is 6.07 Å². The van der Waals surface area contributed by atoms with E-state index in [9.17, 15) is 22.4 Å². The van der Waals surface area contributed by atoms with Gasteiger partial charge in [-0.2, -0.15) is 4.39 Å². The lowest BCUT2D eigenvalue weighted by Crippen LogP contribution is -2.08. The summed E-state index contributed by atoms with van der Waals surface area (Å²) in [5.74, 6) is -5.22. The van der Waals surface area contributed by atoms with Gasteiger partial charge in [-0.15, -0.1) is 0 Å². The zero-order chi connectivity index (χ0) is 10.9. The number of halogens is 4. The molecule has 1 aromatic rings. The van der Waals surface area contributed by atoms with Crippen molar-refractivity contribution >= 4 is 5.97 Å². The first-order valence-electron chi connectivity index (χ1n) is 3.31. The fourth-order valence-corrected chi connectivity index (χ4v) is 0.804. The zero-order valence-electron chi connectivity index (χ0n) is 6.47. The maximum atomic E-state index is 12.7. The number of aromatic nitrogens is 1. The van der Waals surface area contributed by atoms with Crippen molar-refractivity contribution < 1.29 is 27.5 Å². The lowest BCUT2D eigenvalue weighted by Gasteiger charge is -2.02. The molecule has 0 aliphatic carbocycles. The van der Waals surface area contributed by atoms with Crippen LogP contribution in [0, 0.1) is 11.8 Å². The van der Waals surface area contributed by atoms with E-state index < -0.39 is 35.4 Å². The van der Waals surface area contributed by atoms with Crippen LogP contribution in [0.3, 0.4) is 0 Å². The van der Waals surface area contributed by atoms with E-state index in [0.29, 0.717) is 0 Å². The summed E-state index contributed by atoms with van der Waals surface area (Å²) in [6.45, 7) is 0. The zero-order valence-corrected chi connectivity index (χ0v) is 6.47. The molecule has 0 aliphatic rings. The van der Waals surface area contributed by atoms with E-state index in [1.807, 2.05) is 0 Å². The molecule has 1 rings (SSSR count). The van der Waals surface area contributed by atoms with Crippen LogP contribution in [0.25, 0.3) is 0 Å². The maximum Gasteiger partial charge on any atom is 0.343 e. The van der Waals surface area contributed by atoms with Gasteiger partial charge in [-0.25, -0.2) is 22.9 Å². The first-order chi connectivity index (χ1) is 6.43. The van der Waals surface area contributed by atoms with Crippen LogP contribution in [0.4, 0.5) is 17.6 Å². The molecule has 14 heavy (non-hydrogen) atoms. The van der Waals surface area contributed by atoms with Crippen molar-refractivity contribution in [1.29, 1.82) is 0 Å². The summed E-state index contributed by atoms with van der Waals surface area (Å²) in [4.78, 5) is 12.8. The van der Waals surface area contributed by atoms with Crippen LogP contribution in [0.15, 0.2) is 6.07 Å². The molecule has 0 fully saturated rings. The highest BCUT2D eigenvalue weighted by Crippen LogP contribution is 2.20. The monoisotopic (exact) mass is 209 g/mol. The van der Waals surface area contributed by atoms with E-state index >= 15 is 0 Å². The SMILES string of the molecule is O=C(O)c1c(F)cc(C(F)F)nc1F. The Labute approximate surface area is 75.0 Å². The summed E-state index contributed by atoms with van der Waals surface area (Å²) in [5.41, 5.74) is -2.47. The highest BCUT2D eigenvalue weighted by Gasteiger charge is 2.22. The number of hydrogen-bond acceptors (Lipinski definition) is 2. The fraction of sp³-hybridized carbons (Fsp3) is 0.143. The number of rotatable bonds is 2. The number of carboxylic acid groups (broad SMARTS) is 1. The number of carboxylic acids is 1. The fourth-order valence-electron chi connectivity index (χ4n) is 0.804. The van der Waals surface area contributed by atoms with Crippen LogP contribution < -0.4 is 0 Å². The lowest BCUT2D eigenvalue weighted by molar-refractivity contribution is 0.0683. The second kappa shape index (κ2) is 3.60. The van der Waals surface area contributed by atoms with Crippen molar-refractivity contribution in [3.63, 3.8) is 0 Å². The Morgan fingerprint density at radius 1 is 1.43 bits per heavy atom. The lowest BCUT2D eigenvalue weighted by atomic mass is 10.2. The summed E-state index contributed by atoms with van der Waals surface area (Å²) in [6.07, 6.45) is -3.15. The number of alkyl halides is 2. The molecule has 1 heterocycles. The van der Waals surface area contributed by atoms with Crippen molar-refractivity contribution in [2.24, 2.45) is 0 Å². The average Bonchev–Trinajstić information content (AvgIpc) is 2.01. The largest absolute Gasteiger partial charge is 0.477 e. The second-order valence-electron chi connectivity index (χ2n) is 2.30. The molecule has 0 saturated heterocycles. The average molecular weight is 209 g/mol. The van der Waals surface area contributed by atoms with Crippen LogP contribution in [0.2, 0.25) is 0 Å². The smallest absolute Gasteiger partial charge is 0.343 e. The van der Waals surface area contributed by atoms with Gasteiger partial charge >= 0.3 is 5.97 Å². The third-order valence-electron chi connectivity index (χ3n) is 1.38. The highest BCUT2D eigenvalue weighted by atomic mass is 19.3. The number of nitrogens with zero attached hydrogens (tertiary/aromatic N) is 1. The first kappa shape index (κ1) is 10.4. The third-order valence-corrected chi connectivity index (χ3v) is 1.38. The second-order valence-corrected chi connectivity index (χ2v) is 2.30. The Morgan fingerprint density at radius 3 is 2.36 bits per heavy atom. The Balaban J connectivity index is 3.32. The number of pyridine rings is 1. The topological polar surface area (TPSA) is 50.2 Å².